The highest BCUT2D eigenvalue weighted by Gasteiger charge is 2.22. The van der Waals surface area contributed by atoms with Gasteiger partial charge in [0.15, 0.2) is 0 Å². The Morgan fingerprint density at radius 3 is 2.57 bits per heavy atom. The lowest BCUT2D eigenvalue weighted by Crippen LogP contribution is -2.22. The van der Waals surface area contributed by atoms with Gasteiger partial charge in [-0.3, -0.25) is 0 Å². The molecule has 0 spiro atoms. The molecule has 0 aromatic heterocycles. The first kappa shape index (κ1) is 11.7. The van der Waals surface area contributed by atoms with Gasteiger partial charge in [0.2, 0.25) is 0 Å². The van der Waals surface area contributed by atoms with Crippen LogP contribution >= 0.6 is 15.9 Å². The normalized spacial score (nSPS) is 11.8. The summed E-state index contributed by atoms with van der Waals surface area (Å²) in [6.45, 7) is 9.03. The molecule has 0 aliphatic carbocycles. The van der Waals surface area contributed by atoms with Crippen molar-refractivity contribution in [3.05, 3.63) is 33.8 Å². The lowest BCUT2D eigenvalue weighted by atomic mass is 9.96. The van der Waals surface area contributed by atoms with E-state index in [-0.39, 0.29) is 5.60 Å². The van der Waals surface area contributed by atoms with Gasteiger partial charge in [-0.25, -0.2) is 0 Å². The molecule has 78 valence electrons. The van der Waals surface area contributed by atoms with Crippen molar-refractivity contribution in [2.75, 3.05) is 6.61 Å². The summed E-state index contributed by atoms with van der Waals surface area (Å²) in [7, 11) is 0. The quantitative estimate of drug-likeness (QED) is 0.794. The molecule has 0 amide bonds. The SMILES string of the molecule is CCOC(C)(C)c1cc(C)ccc1Br. The number of halogens is 1. The van der Waals surface area contributed by atoms with Crippen molar-refractivity contribution >= 4 is 15.9 Å². The van der Waals surface area contributed by atoms with Gasteiger partial charge in [-0.05, 0) is 39.3 Å². The zero-order valence-electron chi connectivity index (χ0n) is 9.23. The van der Waals surface area contributed by atoms with Crippen molar-refractivity contribution in [1.29, 1.82) is 0 Å². The van der Waals surface area contributed by atoms with E-state index in [0.29, 0.717) is 0 Å². The fourth-order valence-corrected chi connectivity index (χ4v) is 2.26. The van der Waals surface area contributed by atoms with Crippen molar-refractivity contribution in [1.82, 2.24) is 0 Å². The van der Waals surface area contributed by atoms with Crippen LogP contribution in [0.3, 0.4) is 0 Å². The van der Waals surface area contributed by atoms with E-state index in [9.17, 15) is 0 Å². The molecule has 1 nitrogen and oxygen atoms in total. The Balaban J connectivity index is 3.10. The second-order valence-corrected chi connectivity index (χ2v) is 4.78. The highest BCUT2D eigenvalue weighted by atomic mass is 79.9. The largest absolute Gasteiger partial charge is 0.371 e. The molecule has 1 aromatic rings. The van der Waals surface area contributed by atoms with E-state index < -0.39 is 0 Å². The van der Waals surface area contributed by atoms with E-state index in [1.807, 2.05) is 6.92 Å². The fourth-order valence-electron chi connectivity index (χ4n) is 1.54. The summed E-state index contributed by atoms with van der Waals surface area (Å²) in [6, 6.07) is 6.33. The third kappa shape index (κ3) is 2.58. The minimum absolute atomic E-state index is 0.223. The summed E-state index contributed by atoms with van der Waals surface area (Å²) in [6.07, 6.45) is 0. The third-order valence-electron chi connectivity index (χ3n) is 2.28. The molecule has 0 bridgehead atoms. The van der Waals surface area contributed by atoms with Crippen molar-refractivity contribution < 1.29 is 4.74 Å². The minimum Gasteiger partial charge on any atom is -0.371 e. The molecule has 0 aliphatic heterocycles. The van der Waals surface area contributed by atoms with Crippen molar-refractivity contribution in [3.8, 4) is 0 Å². The highest BCUT2D eigenvalue weighted by molar-refractivity contribution is 9.10. The van der Waals surface area contributed by atoms with E-state index in [0.717, 1.165) is 11.1 Å². The molecule has 0 aliphatic rings. The van der Waals surface area contributed by atoms with E-state index in [1.165, 1.54) is 11.1 Å². The van der Waals surface area contributed by atoms with Gasteiger partial charge in [-0.15, -0.1) is 0 Å². The fraction of sp³-hybridized carbons (Fsp3) is 0.500. The number of ether oxygens (including phenoxy) is 1. The number of hydrogen-bond donors (Lipinski definition) is 0. The van der Waals surface area contributed by atoms with Gasteiger partial charge in [-0.1, -0.05) is 33.6 Å². The van der Waals surface area contributed by atoms with Crippen molar-refractivity contribution in [2.24, 2.45) is 0 Å². The van der Waals surface area contributed by atoms with E-state index >= 15 is 0 Å². The monoisotopic (exact) mass is 256 g/mol. The maximum atomic E-state index is 5.72. The van der Waals surface area contributed by atoms with Crippen LogP contribution in [-0.2, 0) is 10.3 Å². The predicted octanol–water partition coefficient (Wildman–Crippen LogP) is 4.03. The molecule has 1 aromatic carbocycles. The lowest BCUT2D eigenvalue weighted by Gasteiger charge is -2.26. The molecule has 2 heteroatoms. The Morgan fingerprint density at radius 1 is 1.36 bits per heavy atom. The van der Waals surface area contributed by atoms with Crippen LogP contribution in [0.25, 0.3) is 0 Å². The average molecular weight is 257 g/mol. The van der Waals surface area contributed by atoms with Gasteiger partial charge < -0.3 is 4.74 Å². The molecule has 0 fully saturated rings. The first-order valence-corrected chi connectivity index (χ1v) is 5.67. The standard InChI is InChI=1S/C12H17BrO/c1-5-14-12(3,4)10-8-9(2)6-7-11(10)13/h6-8H,5H2,1-4H3. The summed E-state index contributed by atoms with van der Waals surface area (Å²) in [5, 5.41) is 0. The van der Waals surface area contributed by atoms with Gasteiger partial charge in [0.25, 0.3) is 0 Å². The first-order valence-electron chi connectivity index (χ1n) is 4.88. The maximum absolute atomic E-state index is 5.72. The molecule has 0 N–H and O–H groups in total. The topological polar surface area (TPSA) is 9.23 Å². The Labute approximate surface area is 94.6 Å². The zero-order chi connectivity index (χ0) is 10.8. The van der Waals surface area contributed by atoms with Crippen LogP contribution in [0.15, 0.2) is 22.7 Å². The van der Waals surface area contributed by atoms with E-state index in [4.69, 9.17) is 4.74 Å². The summed E-state index contributed by atoms with van der Waals surface area (Å²) >= 11 is 3.56. The molecule has 0 radical (unpaired) electrons. The molecular formula is C12H17BrO. The number of aryl methyl sites for hydroxylation is 1. The molecule has 0 heterocycles. The first-order chi connectivity index (χ1) is 6.47. The smallest absolute Gasteiger partial charge is 0.0886 e. The zero-order valence-corrected chi connectivity index (χ0v) is 10.8. The van der Waals surface area contributed by atoms with Gasteiger partial charge in [0.05, 0.1) is 5.60 Å². The molecule has 0 unspecified atom stereocenters. The molecule has 1 rings (SSSR count). The Hall–Kier alpha value is -0.340. The van der Waals surface area contributed by atoms with Gasteiger partial charge in [-0.2, -0.15) is 0 Å². The predicted molar refractivity (Wildman–Crippen MR) is 63.5 cm³/mol. The number of benzene rings is 1. The second kappa shape index (κ2) is 4.45. The van der Waals surface area contributed by atoms with Gasteiger partial charge in [0.1, 0.15) is 0 Å². The summed E-state index contributed by atoms with van der Waals surface area (Å²) in [4.78, 5) is 0. The van der Waals surface area contributed by atoms with Crippen LogP contribution in [0.2, 0.25) is 0 Å². The highest BCUT2D eigenvalue weighted by Crippen LogP contribution is 2.31. The van der Waals surface area contributed by atoms with Gasteiger partial charge >= 0.3 is 0 Å². The Bertz CT molecular complexity index is 318. The number of rotatable bonds is 3. The minimum atomic E-state index is -0.223. The van der Waals surface area contributed by atoms with E-state index in [2.05, 4.69) is 54.9 Å². The average Bonchev–Trinajstić information content (AvgIpc) is 2.09. The second-order valence-electron chi connectivity index (χ2n) is 3.93. The van der Waals surface area contributed by atoms with Crippen LogP contribution < -0.4 is 0 Å². The van der Waals surface area contributed by atoms with E-state index in [1.54, 1.807) is 0 Å². The molecule has 0 saturated carbocycles. The Kier molecular flexibility index (Phi) is 3.73. The summed E-state index contributed by atoms with van der Waals surface area (Å²) in [5.74, 6) is 0. The van der Waals surface area contributed by atoms with Crippen LogP contribution in [0.1, 0.15) is 31.9 Å². The van der Waals surface area contributed by atoms with Crippen LogP contribution in [-0.4, -0.2) is 6.61 Å². The molecule has 14 heavy (non-hydrogen) atoms. The van der Waals surface area contributed by atoms with Gasteiger partial charge in [0, 0.05) is 11.1 Å². The number of hydrogen-bond acceptors (Lipinski definition) is 1. The summed E-state index contributed by atoms with van der Waals surface area (Å²) in [5.41, 5.74) is 2.25. The summed E-state index contributed by atoms with van der Waals surface area (Å²) < 4.78 is 6.83. The van der Waals surface area contributed by atoms with Crippen molar-refractivity contribution in [3.63, 3.8) is 0 Å². The lowest BCUT2D eigenvalue weighted by molar-refractivity contribution is -0.0145. The third-order valence-corrected chi connectivity index (χ3v) is 2.97. The molecule has 0 atom stereocenters. The van der Waals surface area contributed by atoms with Crippen LogP contribution in [0.4, 0.5) is 0 Å². The maximum Gasteiger partial charge on any atom is 0.0886 e. The van der Waals surface area contributed by atoms with Crippen LogP contribution in [0, 0.1) is 6.92 Å². The molecule has 0 saturated heterocycles. The van der Waals surface area contributed by atoms with Crippen molar-refractivity contribution in [2.45, 2.75) is 33.3 Å². The molecular weight excluding hydrogens is 240 g/mol. The van der Waals surface area contributed by atoms with Crippen LogP contribution in [0.5, 0.6) is 0 Å². The Morgan fingerprint density at radius 2 is 2.00 bits per heavy atom.